The highest BCUT2D eigenvalue weighted by atomic mass is 16.6. The van der Waals surface area contributed by atoms with Gasteiger partial charge in [0.25, 0.3) is 11.4 Å². The average Bonchev–Trinajstić information content (AvgIpc) is 2.46. The smallest absolute Gasteiger partial charge is 0.258 e. The zero-order valence-electron chi connectivity index (χ0n) is 10.3. The van der Waals surface area contributed by atoms with Gasteiger partial charge >= 0.3 is 5.69 Å². The lowest BCUT2D eigenvalue weighted by atomic mass is 10.2. The molecule has 7 heteroatoms. The van der Waals surface area contributed by atoms with Crippen LogP contribution < -0.4 is 4.57 Å². The van der Waals surface area contributed by atoms with Crippen LogP contribution in [0.15, 0.2) is 49.3 Å². The van der Waals surface area contributed by atoms with Crippen molar-refractivity contribution in [1.82, 2.24) is 0 Å². The molecular weight excluding hydrogens is 262 g/mol. The molecule has 0 aliphatic rings. The predicted molar refractivity (Wildman–Crippen MR) is 71.4 cm³/mol. The highest BCUT2D eigenvalue weighted by Gasteiger charge is 2.25. The Kier molecular flexibility index (Phi) is 3.52. The Bertz CT molecular complexity index is 695. The third-order valence-electron chi connectivity index (χ3n) is 2.74. The first-order chi connectivity index (χ1) is 9.52. The predicted octanol–water partition coefficient (Wildman–Crippen LogP) is 2.42. The highest BCUT2D eigenvalue weighted by molar-refractivity contribution is 5.53. The SMILES string of the molecule is C=Cc1cc[n+](-c2ccc([N+](=O)[O-])cc2[N+](=O)[O-])cc1. The average molecular weight is 272 g/mol. The topological polar surface area (TPSA) is 90.2 Å². The third-order valence-corrected chi connectivity index (χ3v) is 2.74. The summed E-state index contributed by atoms with van der Waals surface area (Å²) in [6.07, 6.45) is 4.91. The summed E-state index contributed by atoms with van der Waals surface area (Å²) in [5.41, 5.74) is 0.487. The Balaban J connectivity index is 2.57. The number of benzene rings is 1. The molecule has 100 valence electrons. The molecule has 0 aliphatic carbocycles. The third kappa shape index (κ3) is 2.51. The summed E-state index contributed by atoms with van der Waals surface area (Å²) in [5, 5.41) is 21.7. The zero-order valence-corrected chi connectivity index (χ0v) is 10.3. The van der Waals surface area contributed by atoms with Gasteiger partial charge in [-0.05, 0) is 5.56 Å². The van der Waals surface area contributed by atoms with E-state index in [0.717, 1.165) is 11.6 Å². The van der Waals surface area contributed by atoms with Gasteiger partial charge in [-0.15, -0.1) is 0 Å². The maximum Gasteiger partial charge on any atom is 0.347 e. The Hall–Kier alpha value is -3.09. The van der Waals surface area contributed by atoms with E-state index in [-0.39, 0.29) is 17.1 Å². The van der Waals surface area contributed by atoms with Crippen LogP contribution in [-0.4, -0.2) is 9.85 Å². The first kappa shape index (κ1) is 13.3. The van der Waals surface area contributed by atoms with Gasteiger partial charge in [-0.25, -0.2) is 0 Å². The molecule has 7 nitrogen and oxygen atoms in total. The van der Waals surface area contributed by atoms with Crippen molar-refractivity contribution in [2.24, 2.45) is 0 Å². The first-order valence-electron chi connectivity index (χ1n) is 5.60. The van der Waals surface area contributed by atoms with E-state index in [1.165, 1.54) is 16.7 Å². The molecule has 2 aromatic rings. The van der Waals surface area contributed by atoms with E-state index in [4.69, 9.17) is 0 Å². The van der Waals surface area contributed by atoms with E-state index in [2.05, 4.69) is 6.58 Å². The fraction of sp³-hybridized carbons (Fsp3) is 0. The lowest BCUT2D eigenvalue weighted by molar-refractivity contribution is -0.601. The normalized spacial score (nSPS) is 10.0. The fourth-order valence-corrected chi connectivity index (χ4v) is 1.72. The van der Waals surface area contributed by atoms with Crippen LogP contribution in [0.4, 0.5) is 11.4 Å². The summed E-state index contributed by atoms with van der Waals surface area (Å²) < 4.78 is 1.52. The molecule has 0 radical (unpaired) electrons. The Morgan fingerprint density at radius 1 is 1.05 bits per heavy atom. The van der Waals surface area contributed by atoms with Gasteiger partial charge in [0.2, 0.25) is 0 Å². The minimum atomic E-state index is -0.664. The number of nitro benzene ring substituents is 2. The van der Waals surface area contributed by atoms with Crippen LogP contribution in [0.3, 0.4) is 0 Å². The van der Waals surface area contributed by atoms with Crippen LogP contribution in [0.1, 0.15) is 5.56 Å². The molecule has 0 spiro atoms. The van der Waals surface area contributed by atoms with Crippen molar-refractivity contribution in [3.63, 3.8) is 0 Å². The highest BCUT2D eigenvalue weighted by Crippen LogP contribution is 2.24. The Labute approximate surface area is 113 Å². The number of nitrogens with zero attached hydrogens (tertiary/aromatic N) is 3. The van der Waals surface area contributed by atoms with Gasteiger partial charge in [0, 0.05) is 24.3 Å². The fourth-order valence-electron chi connectivity index (χ4n) is 1.72. The van der Waals surface area contributed by atoms with Crippen molar-refractivity contribution in [1.29, 1.82) is 0 Å². The van der Waals surface area contributed by atoms with Gasteiger partial charge in [-0.3, -0.25) is 20.2 Å². The van der Waals surface area contributed by atoms with Gasteiger partial charge in [-0.1, -0.05) is 12.7 Å². The Morgan fingerprint density at radius 2 is 1.70 bits per heavy atom. The lowest BCUT2D eigenvalue weighted by Crippen LogP contribution is -2.30. The van der Waals surface area contributed by atoms with E-state index >= 15 is 0 Å². The molecule has 20 heavy (non-hydrogen) atoms. The van der Waals surface area contributed by atoms with Crippen LogP contribution in [0.25, 0.3) is 11.8 Å². The largest absolute Gasteiger partial charge is 0.347 e. The monoisotopic (exact) mass is 272 g/mol. The molecule has 1 heterocycles. The number of non-ortho nitro benzene ring substituents is 1. The van der Waals surface area contributed by atoms with Crippen LogP contribution in [0, 0.1) is 20.2 Å². The van der Waals surface area contributed by atoms with E-state index in [0.29, 0.717) is 0 Å². The molecule has 0 fully saturated rings. The first-order valence-corrected chi connectivity index (χ1v) is 5.60. The minimum absolute atomic E-state index is 0.260. The van der Waals surface area contributed by atoms with Gasteiger partial charge in [0.15, 0.2) is 12.4 Å². The lowest BCUT2D eigenvalue weighted by Gasteiger charge is -1.98. The van der Waals surface area contributed by atoms with Crippen molar-refractivity contribution in [2.75, 3.05) is 0 Å². The summed E-state index contributed by atoms with van der Waals surface area (Å²) in [6, 6.07) is 7.00. The number of pyridine rings is 1. The molecule has 1 aromatic heterocycles. The number of hydrogen-bond donors (Lipinski definition) is 0. The number of hydrogen-bond acceptors (Lipinski definition) is 4. The summed E-state index contributed by atoms with van der Waals surface area (Å²) in [6.45, 7) is 3.62. The Morgan fingerprint density at radius 3 is 2.20 bits per heavy atom. The second-order valence-electron chi connectivity index (χ2n) is 3.93. The molecule has 0 unspecified atom stereocenters. The maximum atomic E-state index is 11.0. The van der Waals surface area contributed by atoms with Gasteiger partial charge in [0.1, 0.15) is 6.07 Å². The van der Waals surface area contributed by atoms with E-state index in [1.54, 1.807) is 30.6 Å². The quantitative estimate of drug-likeness (QED) is 0.485. The van der Waals surface area contributed by atoms with Crippen LogP contribution >= 0.6 is 0 Å². The second kappa shape index (κ2) is 5.27. The molecule has 0 saturated carbocycles. The van der Waals surface area contributed by atoms with Gasteiger partial charge in [0.05, 0.1) is 9.85 Å². The minimum Gasteiger partial charge on any atom is -0.258 e. The molecule has 0 atom stereocenters. The van der Waals surface area contributed by atoms with Crippen molar-refractivity contribution in [3.8, 4) is 5.69 Å². The summed E-state index contributed by atoms with van der Waals surface area (Å²) in [7, 11) is 0. The molecule has 0 aliphatic heterocycles. The van der Waals surface area contributed by atoms with Crippen LogP contribution in [0.2, 0.25) is 0 Å². The van der Waals surface area contributed by atoms with E-state index in [9.17, 15) is 20.2 Å². The molecule has 0 bridgehead atoms. The second-order valence-corrected chi connectivity index (χ2v) is 3.93. The van der Waals surface area contributed by atoms with Gasteiger partial charge in [-0.2, -0.15) is 4.57 Å². The van der Waals surface area contributed by atoms with Crippen LogP contribution in [0.5, 0.6) is 0 Å². The molecule has 0 amide bonds. The maximum absolute atomic E-state index is 11.0. The number of aromatic nitrogens is 1. The van der Waals surface area contributed by atoms with Gasteiger partial charge < -0.3 is 0 Å². The van der Waals surface area contributed by atoms with E-state index < -0.39 is 9.85 Å². The van der Waals surface area contributed by atoms with Crippen molar-refractivity contribution >= 4 is 17.5 Å². The van der Waals surface area contributed by atoms with Crippen molar-refractivity contribution < 1.29 is 14.4 Å². The molecule has 0 N–H and O–H groups in total. The standard InChI is InChI=1S/C13H10N3O4/c1-2-10-5-7-14(8-6-10)12-4-3-11(15(17)18)9-13(12)16(19)20/h2-9H,1H2/q+1. The molecule has 0 saturated heterocycles. The number of nitro groups is 2. The summed E-state index contributed by atoms with van der Waals surface area (Å²) >= 11 is 0. The van der Waals surface area contributed by atoms with Crippen LogP contribution in [-0.2, 0) is 0 Å². The summed E-state index contributed by atoms with van der Waals surface area (Å²) in [4.78, 5) is 20.4. The summed E-state index contributed by atoms with van der Waals surface area (Å²) in [5.74, 6) is 0. The van der Waals surface area contributed by atoms with Crippen molar-refractivity contribution in [2.45, 2.75) is 0 Å². The molecule has 1 aromatic carbocycles. The number of rotatable bonds is 4. The zero-order chi connectivity index (χ0) is 14.7. The molecular formula is C13H10N3O4+. The molecule has 2 rings (SSSR count). The van der Waals surface area contributed by atoms with E-state index in [1.807, 2.05) is 0 Å². The van der Waals surface area contributed by atoms with Crippen molar-refractivity contribution in [3.05, 3.63) is 75.1 Å².